The predicted molar refractivity (Wildman–Crippen MR) is 362 cm³/mol. The summed E-state index contributed by atoms with van der Waals surface area (Å²) in [5.41, 5.74) is 26.1. The van der Waals surface area contributed by atoms with Crippen LogP contribution in [-0.2, 0) is 48.1 Å². The van der Waals surface area contributed by atoms with E-state index in [-0.39, 0.29) is 48.1 Å². The molecule has 5 nitrogen and oxygen atoms in total. The Bertz CT molecular complexity index is 5470. The van der Waals surface area contributed by atoms with Gasteiger partial charge in [0.05, 0.1) is 16.7 Å². The fourth-order valence-corrected chi connectivity index (χ4v) is 19.6. The average Bonchev–Trinajstić information content (AvgIpc) is 1.41. The van der Waals surface area contributed by atoms with Crippen molar-refractivity contribution in [2.24, 2.45) is 5.41 Å². The molecular weight excluding hydrogens is 1290 g/mol. The van der Waals surface area contributed by atoms with E-state index in [1.165, 1.54) is 66.8 Å². The zero-order valence-electron chi connectivity index (χ0n) is 51.7. The summed E-state index contributed by atoms with van der Waals surface area (Å²) in [5, 5.41) is 2.21. The number of pyridine rings is 1. The molecule has 4 aliphatic carbocycles. The number of fused-ring (bicyclic) bond motifs is 22. The van der Waals surface area contributed by atoms with E-state index in [2.05, 4.69) is 311 Å². The second-order valence-electron chi connectivity index (χ2n) is 27.5. The van der Waals surface area contributed by atoms with Gasteiger partial charge in [0.2, 0.25) is 0 Å². The number of rotatable bonds is 5. The van der Waals surface area contributed by atoms with Crippen molar-refractivity contribution in [3.8, 4) is 73.2 Å². The third kappa shape index (κ3) is 6.45. The number of benzene rings is 11. The summed E-state index contributed by atoms with van der Waals surface area (Å²) in [7, 11) is 0. The Labute approximate surface area is 545 Å². The summed E-state index contributed by atoms with van der Waals surface area (Å²) in [5.74, 6) is 1.99. The number of aromatic nitrogens is 4. The summed E-state index contributed by atoms with van der Waals surface area (Å²) in [4.78, 5) is 4.94. The van der Waals surface area contributed by atoms with E-state index in [0.29, 0.717) is 11.5 Å². The van der Waals surface area contributed by atoms with Gasteiger partial charge in [-0.3, -0.25) is 4.57 Å². The zero-order valence-corrected chi connectivity index (χ0v) is 54.0. The molecule has 6 heteroatoms. The molecule has 0 saturated heterocycles. The number of hydrogen-bond donors (Lipinski definition) is 0. The molecule has 91 heavy (non-hydrogen) atoms. The van der Waals surface area contributed by atoms with Gasteiger partial charge < -0.3 is 13.9 Å². The minimum absolute atomic E-state index is 0. The molecule has 11 aromatic carbocycles. The Kier molecular flexibility index (Phi) is 11.0. The van der Waals surface area contributed by atoms with Gasteiger partial charge in [-0.1, -0.05) is 248 Å². The summed E-state index contributed by atoms with van der Waals surface area (Å²) < 4.78 is 13.6. The summed E-state index contributed by atoms with van der Waals surface area (Å²) in [6.45, 7) is 17.2. The maximum Gasteiger partial charge on any atom is 0.268 e. The van der Waals surface area contributed by atoms with E-state index in [4.69, 9.17) is 9.72 Å². The van der Waals surface area contributed by atoms with Gasteiger partial charge in [-0.15, -0.1) is 29.7 Å². The van der Waals surface area contributed by atoms with Crippen molar-refractivity contribution in [3.05, 3.63) is 317 Å². The first-order valence-electron chi connectivity index (χ1n) is 31.7. The summed E-state index contributed by atoms with van der Waals surface area (Å²) >= 11 is 0. The monoisotopic (exact) mass is 1350 g/mol. The molecule has 5 unspecified atom stereocenters. The van der Waals surface area contributed by atoms with E-state index in [9.17, 15) is 0 Å². The van der Waals surface area contributed by atoms with Crippen LogP contribution >= 0.6 is 0 Å². The fraction of sp³-hybridized carbons (Fsp3) is 0.153. The first-order valence-corrected chi connectivity index (χ1v) is 31.7. The van der Waals surface area contributed by atoms with Crippen molar-refractivity contribution in [2.75, 3.05) is 0 Å². The molecule has 0 fully saturated rings. The van der Waals surface area contributed by atoms with E-state index >= 15 is 0 Å². The van der Waals surface area contributed by atoms with Crippen LogP contribution in [0.5, 0.6) is 11.5 Å². The standard InChI is InChI=1S/C85H62N4O.Pt/c1-80(2,3)53-45-46-86-77(48-53)89-74-39-19-12-29-62(74)63-43-42-56(50-76(63)89)90-55-24-20-23-54(49-55)87-51-88-78-57(30-21-31-64(78)60-27-10-8-25-58(60)59-26-9-11-28-61(59)65-32-22-40-75(87)79(65)88)52-41-44-72-73(47-52)84(7)71-38-18-17-37-70(71)82(5)67-34-14-13-33-66(67)81(4)68-35-15-16-36-69(68)83(72,6)85(81,82)84;/h8-48H,1-7H3;/q-2;. The van der Waals surface area contributed by atoms with Crippen LogP contribution in [0.4, 0.5) is 0 Å². The molecular formula is C85H62N4OPt-2. The van der Waals surface area contributed by atoms with Crippen LogP contribution < -0.4 is 9.30 Å². The molecule has 0 N–H and O–H groups in total. The smallest absolute Gasteiger partial charge is 0.268 e. The molecule has 0 radical (unpaired) electrons. The van der Waals surface area contributed by atoms with Crippen molar-refractivity contribution in [2.45, 2.75) is 75.5 Å². The topological polar surface area (TPSA) is 35.9 Å². The van der Waals surface area contributed by atoms with Crippen molar-refractivity contribution in [1.29, 1.82) is 0 Å². The molecule has 0 amide bonds. The second-order valence-corrected chi connectivity index (χ2v) is 27.5. The Morgan fingerprint density at radius 2 is 0.923 bits per heavy atom. The second kappa shape index (κ2) is 18.5. The van der Waals surface area contributed by atoms with Crippen LogP contribution in [0.1, 0.15) is 98.5 Å². The van der Waals surface area contributed by atoms with E-state index in [1.807, 2.05) is 18.3 Å². The molecule has 440 valence electrons. The fourth-order valence-electron chi connectivity index (χ4n) is 19.6. The SMILES string of the molecule is CC(C)(C)c1ccnc(-n2c3[c-]c(Oc4[c-]c(-n5[c-][n+]6c7c(cccc75)-c5ccccc5-c5ccccc5-c5cccc(-c7ccc8c(c7)C7(C)c9ccccc9C9(C)c%10ccccc%10C%10(C)c%11ccccc%11C8(C)C%1097)c5-6)ccc4)ccc3c3ccccc32)c1.[Pt]. The first-order chi connectivity index (χ1) is 43.8. The van der Waals surface area contributed by atoms with Gasteiger partial charge in [-0.25, -0.2) is 4.98 Å². The molecule has 19 rings (SSSR count). The molecule has 5 aliphatic rings. The van der Waals surface area contributed by atoms with Crippen LogP contribution in [0.2, 0.25) is 0 Å². The quantitative estimate of drug-likeness (QED) is 0.127. The Morgan fingerprint density at radius 1 is 0.429 bits per heavy atom. The number of nitrogens with zero attached hydrogens (tertiary/aromatic N) is 4. The van der Waals surface area contributed by atoms with Gasteiger partial charge >= 0.3 is 0 Å². The number of ether oxygens (including phenoxy) is 1. The number of imidazole rings is 1. The maximum absolute atomic E-state index is 6.89. The van der Waals surface area contributed by atoms with Crippen LogP contribution in [0, 0.1) is 23.9 Å². The van der Waals surface area contributed by atoms with Crippen LogP contribution in [-0.4, -0.2) is 14.1 Å². The first kappa shape index (κ1) is 54.3. The Hall–Kier alpha value is -9.67. The van der Waals surface area contributed by atoms with Crippen molar-refractivity contribution in [3.63, 3.8) is 0 Å². The molecule has 0 bridgehead atoms. The third-order valence-corrected chi connectivity index (χ3v) is 22.7. The van der Waals surface area contributed by atoms with Crippen molar-refractivity contribution < 1.29 is 30.4 Å². The minimum atomic E-state index is -0.414. The number of para-hydroxylation sites is 3. The molecule has 14 aromatic rings. The normalized spacial score (nSPS) is 21.5. The zero-order chi connectivity index (χ0) is 60.4. The number of hydrogen-bond acceptors (Lipinski definition) is 2. The van der Waals surface area contributed by atoms with Gasteiger partial charge in [0, 0.05) is 71.4 Å². The van der Waals surface area contributed by atoms with Crippen LogP contribution in [0.25, 0.3) is 94.5 Å². The predicted octanol–water partition coefficient (Wildman–Crippen LogP) is 19.4. The van der Waals surface area contributed by atoms with Crippen LogP contribution in [0.15, 0.2) is 249 Å². The Morgan fingerprint density at radius 3 is 1.56 bits per heavy atom. The molecule has 5 atom stereocenters. The van der Waals surface area contributed by atoms with Gasteiger partial charge in [0.25, 0.3) is 6.33 Å². The minimum Gasteiger partial charge on any atom is -0.510 e. The van der Waals surface area contributed by atoms with Crippen LogP contribution in [0.3, 0.4) is 0 Å². The van der Waals surface area contributed by atoms with Gasteiger partial charge in [-0.2, -0.15) is 18.2 Å². The molecule has 1 aliphatic heterocycles. The maximum atomic E-state index is 6.89. The van der Waals surface area contributed by atoms with Crippen molar-refractivity contribution >= 4 is 32.8 Å². The molecule has 1 spiro atoms. The average molecular weight is 1350 g/mol. The Balaban J connectivity index is 0.00000614. The van der Waals surface area contributed by atoms with Crippen molar-refractivity contribution in [1.82, 2.24) is 14.1 Å². The van der Waals surface area contributed by atoms with Gasteiger partial charge in [0.1, 0.15) is 5.82 Å². The summed E-state index contributed by atoms with van der Waals surface area (Å²) in [6.07, 6.45) is 5.98. The van der Waals surface area contributed by atoms with E-state index in [0.717, 1.165) is 77.8 Å². The molecule has 3 aromatic heterocycles. The largest absolute Gasteiger partial charge is 0.510 e. The van der Waals surface area contributed by atoms with Gasteiger partial charge in [-0.05, 0) is 129 Å². The third-order valence-electron chi connectivity index (χ3n) is 22.7. The van der Waals surface area contributed by atoms with Gasteiger partial charge in [0.15, 0.2) is 0 Å². The van der Waals surface area contributed by atoms with E-state index in [1.54, 1.807) is 0 Å². The van der Waals surface area contributed by atoms with E-state index < -0.39 is 5.41 Å². The summed E-state index contributed by atoms with van der Waals surface area (Å²) in [6, 6.07) is 98.1. The molecule has 4 heterocycles. The molecule has 0 saturated carbocycles.